The quantitative estimate of drug-likeness (QED) is 0.716. The molecule has 0 bridgehead atoms. The van der Waals surface area contributed by atoms with E-state index in [9.17, 15) is 9.59 Å². The Balaban J connectivity index is 2.43. The Labute approximate surface area is 101 Å². The first kappa shape index (κ1) is 13.9. The fourth-order valence-electron chi connectivity index (χ4n) is 1.56. The second kappa shape index (κ2) is 6.56. The van der Waals surface area contributed by atoms with Crippen LogP contribution in [0.2, 0.25) is 0 Å². The van der Waals surface area contributed by atoms with Crippen molar-refractivity contribution in [2.75, 3.05) is 33.4 Å². The van der Waals surface area contributed by atoms with E-state index in [4.69, 9.17) is 9.47 Å². The van der Waals surface area contributed by atoms with Crippen LogP contribution < -0.4 is 5.32 Å². The molecule has 1 aliphatic rings. The van der Waals surface area contributed by atoms with Crippen LogP contribution in [-0.4, -0.2) is 62.3 Å². The molecule has 1 aliphatic heterocycles. The van der Waals surface area contributed by atoms with E-state index < -0.39 is 12.1 Å². The first-order valence-corrected chi connectivity index (χ1v) is 5.76. The molecule has 6 nitrogen and oxygen atoms in total. The zero-order valence-electron chi connectivity index (χ0n) is 10.6. The van der Waals surface area contributed by atoms with Crippen molar-refractivity contribution in [2.24, 2.45) is 0 Å². The van der Waals surface area contributed by atoms with E-state index in [1.54, 1.807) is 18.7 Å². The number of methoxy groups -OCH3 is 1. The van der Waals surface area contributed by atoms with Crippen LogP contribution in [0, 0.1) is 0 Å². The molecule has 1 fully saturated rings. The van der Waals surface area contributed by atoms with E-state index in [2.05, 4.69) is 5.32 Å². The van der Waals surface area contributed by atoms with Crippen molar-refractivity contribution in [3.8, 4) is 0 Å². The predicted octanol–water partition coefficient (Wildman–Crippen LogP) is -0.615. The first-order valence-electron chi connectivity index (χ1n) is 5.76. The molecule has 1 saturated heterocycles. The fourth-order valence-corrected chi connectivity index (χ4v) is 1.56. The lowest BCUT2D eigenvalue weighted by atomic mass is 10.2. The van der Waals surface area contributed by atoms with Crippen molar-refractivity contribution in [3.63, 3.8) is 0 Å². The molecule has 0 aromatic carbocycles. The van der Waals surface area contributed by atoms with Gasteiger partial charge in [0.25, 0.3) is 0 Å². The van der Waals surface area contributed by atoms with E-state index in [0.29, 0.717) is 26.3 Å². The summed E-state index contributed by atoms with van der Waals surface area (Å²) in [5.41, 5.74) is 0. The van der Waals surface area contributed by atoms with Crippen molar-refractivity contribution >= 4 is 11.8 Å². The molecule has 0 aromatic rings. The van der Waals surface area contributed by atoms with Gasteiger partial charge in [-0.2, -0.15) is 0 Å². The zero-order chi connectivity index (χ0) is 12.8. The van der Waals surface area contributed by atoms with Gasteiger partial charge in [-0.05, 0) is 13.8 Å². The number of morpholine rings is 1. The van der Waals surface area contributed by atoms with Gasteiger partial charge in [0.1, 0.15) is 12.1 Å². The number of carbonyl (C=O) groups excluding carboxylic acids is 2. The highest BCUT2D eigenvalue weighted by Crippen LogP contribution is 2.01. The van der Waals surface area contributed by atoms with E-state index in [-0.39, 0.29) is 11.8 Å². The maximum atomic E-state index is 12.0. The number of nitrogens with zero attached hydrogens (tertiary/aromatic N) is 1. The molecule has 2 amide bonds. The summed E-state index contributed by atoms with van der Waals surface area (Å²) in [5, 5.41) is 2.63. The topological polar surface area (TPSA) is 67.9 Å². The number of nitrogens with one attached hydrogen (secondary N) is 1. The Bertz CT molecular complexity index is 277. The third-order valence-electron chi connectivity index (χ3n) is 2.77. The minimum absolute atomic E-state index is 0.0787. The standard InChI is InChI=1S/C11H20N2O4/c1-8(12-10(14)9(2)16-3)11(15)13-4-6-17-7-5-13/h8-9H,4-7H2,1-3H3,(H,12,14). The Morgan fingerprint density at radius 3 is 2.41 bits per heavy atom. The maximum absolute atomic E-state index is 12.0. The Morgan fingerprint density at radius 1 is 1.29 bits per heavy atom. The Morgan fingerprint density at radius 2 is 1.88 bits per heavy atom. The normalized spacial score (nSPS) is 19.6. The lowest BCUT2D eigenvalue weighted by Gasteiger charge is -2.29. The smallest absolute Gasteiger partial charge is 0.249 e. The van der Waals surface area contributed by atoms with Crippen molar-refractivity contribution < 1.29 is 19.1 Å². The molecule has 0 aromatic heterocycles. The van der Waals surface area contributed by atoms with Crippen LogP contribution in [0.5, 0.6) is 0 Å². The van der Waals surface area contributed by atoms with Gasteiger partial charge in [-0.3, -0.25) is 9.59 Å². The minimum atomic E-state index is -0.546. The predicted molar refractivity (Wildman–Crippen MR) is 61.5 cm³/mol. The molecule has 0 radical (unpaired) electrons. The number of hydrogen-bond acceptors (Lipinski definition) is 4. The van der Waals surface area contributed by atoms with Gasteiger partial charge in [-0.15, -0.1) is 0 Å². The molecule has 1 heterocycles. The van der Waals surface area contributed by atoms with Crippen molar-refractivity contribution in [3.05, 3.63) is 0 Å². The fraction of sp³-hybridized carbons (Fsp3) is 0.818. The van der Waals surface area contributed by atoms with Crippen LogP contribution in [0.1, 0.15) is 13.8 Å². The van der Waals surface area contributed by atoms with Crippen LogP contribution in [0.3, 0.4) is 0 Å². The van der Waals surface area contributed by atoms with Gasteiger partial charge in [0, 0.05) is 20.2 Å². The van der Waals surface area contributed by atoms with Gasteiger partial charge in [0.15, 0.2) is 0 Å². The number of carbonyl (C=O) groups is 2. The van der Waals surface area contributed by atoms with E-state index in [1.165, 1.54) is 7.11 Å². The van der Waals surface area contributed by atoms with Gasteiger partial charge in [-0.1, -0.05) is 0 Å². The van der Waals surface area contributed by atoms with Crippen LogP contribution >= 0.6 is 0 Å². The van der Waals surface area contributed by atoms with Gasteiger partial charge in [0.2, 0.25) is 11.8 Å². The van der Waals surface area contributed by atoms with E-state index in [1.807, 2.05) is 0 Å². The molecular formula is C11H20N2O4. The molecule has 0 saturated carbocycles. The van der Waals surface area contributed by atoms with Crippen molar-refractivity contribution in [2.45, 2.75) is 26.0 Å². The van der Waals surface area contributed by atoms with E-state index >= 15 is 0 Å². The average molecular weight is 244 g/mol. The summed E-state index contributed by atoms with van der Waals surface area (Å²) in [4.78, 5) is 25.2. The average Bonchev–Trinajstić information content (AvgIpc) is 2.37. The Hall–Kier alpha value is -1.14. The molecule has 0 spiro atoms. The van der Waals surface area contributed by atoms with E-state index in [0.717, 1.165) is 0 Å². The van der Waals surface area contributed by atoms with Crippen LogP contribution in [-0.2, 0) is 19.1 Å². The summed E-state index contributed by atoms with van der Waals surface area (Å²) in [6, 6.07) is -0.529. The minimum Gasteiger partial charge on any atom is -0.378 e. The lowest BCUT2D eigenvalue weighted by Crippen LogP contribution is -2.52. The largest absolute Gasteiger partial charge is 0.378 e. The van der Waals surface area contributed by atoms with Crippen LogP contribution in [0.4, 0.5) is 0 Å². The summed E-state index contributed by atoms with van der Waals surface area (Å²) in [5.74, 6) is -0.355. The summed E-state index contributed by atoms with van der Waals surface area (Å²) in [6.45, 7) is 5.60. The highest BCUT2D eigenvalue weighted by Gasteiger charge is 2.24. The van der Waals surface area contributed by atoms with Crippen LogP contribution in [0.15, 0.2) is 0 Å². The third kappa shape index (κ3) is 3.98. The molecule has 0 aliphatic carbocycles. The maximum Gasteiger partial charge on any atom is 0.249 e. The zero-order valence-corrected chi connectivity index (χ0v) is 10.6. The number of ether oxygens (including phenoxy) is 2. The summed E-state index contributed by atoms with van der Waals surface area (Å²) in [7, 11) is 1.46. The second-order valence-corrected chi connectivity index (χ2v) is 4.05. The molecule has 98 valence electrons. The number of amides is 2. The number of rotatable bonds is 4. The molecule has 1 rings (SSSR count). The summed E-state index contributed by atoms with van der Waals surface area (Å²) < 4.78 is 10.0. The van der Waals surface area contributed by atoms with Gasteiger partial charge in [0.05, 0.1) is 13.2 Å². The molecule has 6 heteroatoms. The third-order valence-corrected chi connectivity index (χ3v) is 2.77. The highest BCUT2D eigenvalue weighted by atomic mass is 16.5. The summed E-state index contributed by atoms with van der Waals surface area (Å²) >= 11 is 0. The first-order chi connectivity index (χ1) is 8.06. The molecular weight excluding hydrogens is 224 g/mol. The van der Waals surface area contributed by atoms with Gasteiger partial charge in [-0.25, -0.2) is 0 Å². The summed E-state index contributed by atoms with van der Waals surface area (Å²) in [6.07, 6.45) is -0.546. The van der Waals surface area contributed by atoms with Crippen molar-refractivity contribution in [1.29, 1.82) is 0 Å². The monoisotopic (exact) mass is 244 g/mol. The SMILES string of the molecule is COC(C)C(=O)NC(C)C(=O)N1CCOCC1. The lowest BCUT2D eigenvalue weighted by molar-refractivity contribution is -0.141. The van der Waals surface area contributed by atoms with Crippen LogP contribution in [0.25, 0.3) is 0 Å². The van der Waals surface area contributed by atoms with Crippen molar-refractivity contribution in [1.82, 2.24) is 10.2 Å². The van der Waals surface area contributed by atoms with Gasteiger partial charge >= 0.3 is 0 Å². The van der Waals surface area contributed by atoms with Gasteiger partial charge < -0.3 is 19.7 Å². The Kier molecular flexibility index (Phi) is 5.37. The second-order valence-electron chi connectivity index (χ2n) is 4.05. The molecule has 1 N–H and O–H groups in total. The number of hydrogen-bond donors (Lipinski definition) is 1. The molecule has 2 unspecified atom stereocenters. The molecule has 17 heavy (non-hydrogen) atoms. The highest BCUT2D eigenvalue weighted by molar-refractivity contribution is 5.88. The molecule has 2 atom stereocenters.